The van der Waals surface area contributed by atoms with Crippen LogP contribution in [0.3, 0.4) is 0 Å². The van der Waals surface area contributed by atoms with Crippen LogP contribution in [0.4, 0.5) is 5.69 Å². The van der Waals surface area contributed by atoms with Gasteiger partial charge in [0, 0.05) is 37.9 Å². The summed E-state index contributed by atoms with van der Waals surface area (Å²) in [6.45, 7) is 9.64. The lowest BCUT2D eigenvalue weighted by atomic mass is 10.2. The molecule has 0 amide bonds. The number of fused-ring (bicyclic) bond motifs is 1. The number of guanidine groups is 1. The van der Waals surface area contributed by atoms with E-state index >= 15 is 0 Å². The average Bonchev–Trinajstić information content (AvgIpc) is 3.20. The van der Waals surface area contributed by atoms with E-state index in [-0.39, 0.29) is 0 Å². The highest BCUT2D eigenvalue weighted by molar-refractivity contribution is 5.80. The molecule has 0 radical (unpaired) electrons. The van der Waals surface area contributed by atoms with Crippen LogP contribution in [-0.2, 0) is 6.42 Å². The molecule has 2 aliphatic heterocycles. The van der Waals surface area contributed by atoms with Gasteiger partial charge < -0.3 is 15.1 Å². The summed E-state index contributed by atoms with van der Waals surface area (Å²) in [5, 5.41) is 3.45. The van der Waals surface area contributed by atoms with Crippen molar-refractivity contribution in [2.24, 2.45) is 4.99 Å². The second kappa shape index (κ2) is 7.03. The fourth-order valence-corrected chi connectivity index (χ4v) is 3.49. The highest BCUT2D eigenvalue weighted by Gasteiger charge is 2.23. The van der Waals surface area contributed by atoms with E-state index in [0.717, 1.165) is 45.1 Å². The van der Waals surface area contributed by atoms with Crippen molar-refractivity contribution in [1.82, 2.24) is 10.2 Å². The van der Waals surface area contributed by atoms with Crippen LogP contribution in [0.1, 0.15) is 32.3 Å². The summed E-state index contributed by atoms with van der Waals surface area (Å²) in [6, 6.07) is 9.22. The summed E-state index contributed by atoms with van der Waals surface area (Å²) in [7, 11) is 0. The largest absolute Gasteiger partial charge is 0.366 e. The van der Waals surface area contributed by atoms with Gasteiger partial charge in [-0.05, 0) is 44.7 Å². The molecule has 1 atom stereocenters. The predicted octanol–water partition coefficient (Wildman–Crippen LogP) is 2.50. The number of hydrogen-bond donors (Lipinski definition) is 1. The Labute approximate surface area is 134 Å². The maximum Gasteiger partial charge on any atom is 0.193 e. The Kier molecular flexibility index (Phi) is 4.86. The zero-order chi connectivity index (χ0) is 15.4. The first-order valence-corrected chi connectivity index (χ1v) is 8.67. The monoisotopic (exact) mass is 300 g/mol. The second-order valence-electron chi connectivity index (χ2n) is 6.31. The summed E-state index contributed by atoms with van der Waals surface area (Å²) in [4.78, 5) is 9.81. The number of para-hydroxylation sites is 1. The van der Waals surface area contributed by atoms with Crippen LogP contribution in [0.15, 0.2) is 29.3 Å². The number of nitrogens with zero attached hydrogens (tertiary/aromatic N) is 3. The second-order valence-corrected chi connectivity index (χ2v) is 6.31. The van der Waals surface area contributed by atoms with E-state index in [4.69, 9.17) is 4.99 Å². The highest BCUT2D eigenvalue weighted by Crippen LogP contribution is 2.29. The molecule has 1 fully saturated rings. The van der Waals surface area contributed by atoms with E-state index < -0.39 is 0 Å². The lowest BCUT2D eigenvalue weighted by molar-refractivity contribution is 0.491. The number of nitrogens with one attached hydrogen (secondary N) is 1. The van der Waals surface area contributed by atoms with Crippen LogP contribution in [0.25, 0.3) is 0 Å². The van der Waals surface area contributed by atoms with E-state index in [1.54, 1.807) is 0 Å². The number of rotatable bonds is 4. The van der Waals surface area contributed by atoms with Gasteiger partial charge >= 0.3 is 0 Å². The van der Waals surface area contributed by atoms with Gasteiger partial charge in [-0.25, -0.2) is 0 Å². The Morgan fingerprint density at radius 1 is 1.23 bits per heavy atom. The molecule has 3 rings (SSSR count). The molecule has 4 nitrogen and oxygen atoms in total. The van der Waals surface area contributed by atoms with Crippen LogP contribution in [0, 0.1) is 0 Å². The van der Waals surface area contributed by atoms with Crippen LogP contribution < -0.4 is 10.2 Å². The van der Waals surface area contributed by atoms with Crippen molar-refractivity contribution >= 4 is 11.6 Å². The average molecular weight is 300 g/mol. The molecule has 0 spiro atoms. The summed E-state index contributed by atoms with van der Waals surface area (Å²) in [5.41, 5.74) is 2.88. The van der Waals surface area contributed by atoms with E-state index in [9.17, 15) is 0 Å². The number of likely N-dealkylation sites (tertiary alicyclic amines) is 1. The van der Waals surface area contributed by atoms with Gasteiger partial charge in [0.05, 0.1) is 6.54 Å². The Bertz CT molecular complexity index is 520. The molecule has 22 heavy (non-hydrogen) atoms. The van der Waals surface area contributed by atoms with Crippen molar-refractivity contribution in [1.29, 1.82) is 0 Å². The van der Waals surface area contributed by atoms with Crippen LogP contribution in [0.2, 0.25) is 0 Å². The molecule has 1 unspecified atom stereocenters. The minimum Gasteiger partial charge on any atom is -0.366 e. The van der Waals surface area contributed by atoms with Gasteiger partial charge in [0.25, 0.3) is 0 Å². The zero-order valence-electron chi connectivity index (χ0n) is 13.9. The molecule has 120 valence electrons. The fourth-order valence-electron chi connectivity index (χ4n) is 3.49. The third-order valence-corrected chi connectivity index (χ3v) is 4.70. The summed E-state index contributed by atoms with van der Waals surface area (Å²) < 4.78 is 0. The fraction of sp³-hybridized carbons (Fsp3) is 0.611. The van der Waals surface area contributed by atoms with Gasteiger partial charge in [-0.15, -0.1) is 0 Å². The van der Waals surface area contributed by atoms with Crippen LogP contribution in [0.5, 0.6) is 0 Å². The predicted molar refractivity (Wildman–Crippen MR) is 93.7 cm³/mol. The smallest absolute Gasteiger partial charge is 0.193 e. The minimum atomic E-state index is 0.444. The van der Waals surface area contributed by atoms with Crippen molar-refractivity contribution in [3.63, 3.8) is 0 Å². The number of benzene rings is 1. The van der Waals surface area contributed by atoms with Crippen molar-refractivity contribution < 1.29 is 0 Å². The van der Waals surface area contributed by atoms with Gasteiger partial charge in [-0.3, -0.25) is 4.99 Å². The summed E-state index contributed by atoms with van der Waals surface area (Å²) in [5.74, 6) is 1.10. The molecular weight excluding hydrogens is 272 g/mol. The number of hydrogen-bond acceptors (Lipinski definition) is 2. The molecule has 1 N–H and O–H groups in total. The standard InChI is InChI=1S/C18H28N4/c1-3-19-18(21-11-6-7-12-21)20-14-15(2)22-13-10-16-8-4-5-9-17(16)22/h4-5,8-9,15H,3,6-7,10-14H2,1-2H3,(H,19,20). The number of anilines is 1. The Morgan fingerprint density at radius 3 is 2.77 bits per heavy atom. The van der Waals surface area contributed by atoms with E-state index in [1.807, 2.05) is 0 Å². The maximum atomic E-state index is 4.90. The quantitative estimate of drug-likeness (QED) is 0.685. The first-order valence-electron chi connectivity index (χ1n) is 8.67. The Morgan fingerprint density at radius 2 is 2.00 bits per heavy atom. The van der Waals surface area contributed by atoms with E-state index in [2.05, 4.69) is 53.2 Å². The third kappa shape index (κ3) is 3.21. The van der Waals surface area contributed by atoms with Gasteiger partial charge in [-0.1, -0.05) is 18.2 Å². The first kappa shape index (κ1) is 15.2. The molecule has 1 aromatic carbocycles. The molecule has 0 aliphatic carbocycles. The molecule has 0 aromatic heterocycles. The molecule has 0 saturated carbocycles. The van der Waals surface area contributed by atoms with E-state index in [1.165, 1.54) is 24.1 Å². The summed E-state index contributed by atoms with van der Waals surface area (Å²) >= 11 is 0. The van der Waals surface area contributed by atoms with Crippen molar-refractivity contribution in [2.75, 3.05) is 37.6 Å². The lowest BCUT2D eigenvalue weighted by Gasteiger charge is -2.27. The van der Waals surface area contributed by atoms with E-state index in [0.29, 0.717) is 6.04 Å². The molecule has 2 heterocycles. The van der Waals surface area contributed by atoms with Gasteiger partial charge in [-0.2, -0.15) is 0 Å². The lowest BCUT2D eigenvalue weighted by Crippen LogP contribution is -2.41. The third-order valence-electron chi connectivity index (χ3n) is 4.70. The normalized spacial score (nSPS) is 19.5. The van der Waals surface area contributed by atoms with Crippen molar-refractivity contribution in [3.05, 3.63) is 29.8 Å². The topological polar surface area (TPSA) is 30.9 Å². The SMILES string of the molecule is CCNC(=NCC(C)N1CCc2ccccc21)N1CCCC1. The molecule has 4 heteroatoms. The van der Waals surface area contributed by atoms with Gasteiger partial charge in [0.2, 0.25) is 0 Å². The van der Waals surface area contributed by atoms with Crippen molar-refractivity contribution in [3.8, 4) is 0 Å². The highest BCUT2D eigenvalue weighted by atomic mass is 15.3. The zero-order valence-corrected chi connectivity index (χ0v) is 13.9. The van der Waals surface area contributed by atoms with Gasteiger partial charge in [0.1, 0.15) is 0 Å². The van der Waals surface area contributed by atoms with Crippen LogP contribution in [-0.4, -0.2) is 49.6 Å². The molecular formula is C18H28N4. The Balaban J connectivity index is 1.65. The number of aliphatic imine (C=N–C) groups is 1. The van der Waals surface area contributed by atoms with Gasteiger partial charge in [0.15, 0.2) is 5.96 Å². The molecule has 1 aromatic rings. The maximum absolute atomic E-state index is 4.90. The molecule has 0 bridgehead atoms. The summed E-state index contributed by atoms with van der Waals surface area (Å²) in [6.07, 6.45) is 3.75. The molecule has 1 saturated heterocycles. The van der Waals surface area contributed by atoms with Crippen molar-refractivity contribution in [2.45, 2.75) is 39.2 Å². The Hall–Kier alpha value is -1.71. The van der Waals surface area contributed by atoms with Crippen LogP contribution >= 0.6 is 0 Å². The first-order chi connectivity index (χ1) is 10.8. The molecule has 2 aliphatic rings. The minimum absolute atomic E-state index is 0.444.